The van der Waals surface area contributed by atoms with Crippen LogP contribution in [-0.2, 0) is 21.1 Å². The molecule has 0 N–H and O–H groups in total. The summed E-state index contributed by atoms with van der Waals surface area (Å²) in [6.07, 6.45) is 3.09. The molecule has 0 radical (unpaired) electrons. The van der Waals surface area contributed by atoms with Gasteiger partial charge >= 0.3 is 6.61 Å². The van der Waals surface area contributed by atoms with Gasteiger partial charge in [0.1, 0.15) is 11.5 Å². The number of carbonyl (C=O) groups excluding carboxylic acids is 1. The van der Waals surface area contributed by atoms with Crippen molar-refractivity contribution in [2.24, 2.45) is 5.92 Å². The Balaban J connectivity index is 1.68. The summed E-state index contributed by atoms with van der Waals surface area (Å²) in [5.74, 6) is -0.252. The minimum atomic E-state index is -3.08. The van der Waals surface area contributed by atoms with Crippen molar-refractivity contribution in [3.8, 4) is 5.75 Å². The lowest BCUT2D eigenvalue weighted by atomic mass is 9.85. The van der Waals surface area contributed by atoms with Crippen LogP contribution in [0, 0.1) is 5.92 Å². The first-order valence-electron chi connectivity index (χ1n) is 8.15. The zero-order valence-corrected chi connectivity index (χ0v) is 14.0. The first-order valence-corrected chi connectivity index (χ1v) is 9.76. The lowest BCUT2D eigenvalue weighted by Gasteiger charge is -2.38. The standard InChI is InChI=1S/C17H20F2O4S/c18-17(19)23-13-4-1-3-11(7-13)8-16(20)12-9-14-5-2-6-15(10-12)24(14,21)22/h1,3-4,7,12,14-15,17H,2,5-6,8-10H2. The fourth-order valence-electron chi connectivity index (χ4n) is 3.85. The van der Waals surface area contributed by atoms with Crippen LogP contribution in [0.3, 0.4) is 0 Å². The van der Waals surface area contributed by atoms with E-state index >= 15 is 0 Å². The fraction of sp³-hybridized carbons (Fsp3) is 0.588. The van der Waals surface area contributed by atoms with E-state index in [0.717, 1.165) is 6.42 Å². The van der Waals surface area contributed by atoms with Crippen LogP contribution in [0.1, 0.15) is 37.7 Å². The molecule has 2 atom stereocenters. The fourth-order valence-corrected chi connectivity index (χ4v) is 6.38. The molecular weight excluding hydrogens is 338 g/mol. The highest BCUT2D eigenvalue weighted by atomic mass is 32.2. The van der Waals surface area contributed by atoms with Crippen molar-refractivity contribution < 1.29 is 26.7 Å². The van der Waals surface area contributed by atoms with Crippen molar-refractivity contribution in [3.63, 3.8) is 0 Å². The second-order valence-electron chi connectivity index (χ2n) is 6.60. The van der Waals surface area contributed by atoms with Gasteiger partial charge in [-0.05, 0) is 43.4 Å². The van der Waals surface area contributed by atoms with Crippen molar-refractivity contribution in [3.05, 3.63) is 29.8 Å². The Morgan fingerprint density at radius 2 is 1.88 bits per heavy atom. The zero-order valence-electron chi connectivity index (χ0n) is 13.2. The lowest BCUT2D eigenvalue weighted by molar-refractivity contribution is -0.122. The molecule has 0 amide bonds. The summed E-state index contributed by atoms with van der Waals surface area (Å²) in [7, 11) is -3.08. The van der Waals surface area contributed by atoms with Gasteiger partial charge in [-0.1, -0.05) is 18.6 Å². The first-order chi connectivity index (χ1) is 11.4. The van der Waals surface area contributed by atoms with E-state index in [9.17, 15) is 22.0 Å². The van der Waals surface area contributed by atoms with E-state index in [4.69, 9.17) is 0 Å². The molecule has 0 aliphatic carbocycles. The molecule has 2 fully saturated rings. The van der Waals surface area contributed by atoms with Gasteiger partial charge in [0.05, 0.1) is 10.5 Å². The predicted octanol–water partition coefficient (Wildman–Crippen LogP) is 3.15. The molecule has 2 bridgehead atoms. The Labute approximate surface area is 140 Å². The van der Waals surface area contributed by atoms with E-state index in [-0.39, 0.29) is 23.9 Å². The van der Waals surface area contributed by atoms with Crippen LogP contribution in [0.25, 0.3) is 0 Å². The molecule has 2 heterocycles. The summed E-state index contributed by atoms with van der Waals surface area (Å²) in [5.41, 5.74) is 0.608. The van der Waals surface area contributed by atoms with Crippen molar-refractivity contribution in [1.29, 1.82) is 0 Å². The van der Waals surface area contributed by atoms with Crippen molar-refractivity contribution in [2.45, 2.75) is 55.6 Å². The first kappa shape index (κ1) is 17.3. The van der Waals surface area contributed by atoms with Crippen LogP contribution in [0.5, 0.6) is 5.75 Å². The molecule has 3 rings (SSSR count). The molecule has 0 aromatic heterocycles. The number of carbonyl (C=O) groups is 1. The number of rotatable bonds is 5. The highest BCUT2D eigenvalue weighted by molar-refractivity contribution is 7.92. The molecule has 4 nitrogen and oxygen atoms in total. The second kappa shape index (κ2) is 6.78. The number of hydrogen-bond donors (Lipinski definition) is 0. The van der Waals surface area contributed by atoms with Gasteiger partial charge in [-0.3, -0.25) is 4.79 Å². The quantitative estimate of drug-likeness (QED) is 0.811. The van der Waals surface area contributed by atoms with Gasteiger partial charge in [0.25, 0.3) is 0 Å². The second-order valence-corrected chi connectivity index (χ2v) is 9.11. The number of alkyl halides is 2. The Bertz CT molecular complexity index is 697. The maximum absolute atomic E-state index is 12.6. The van der Waals surface area contributed by atoms with Gasteiger partial charge in [0.15, 0.2) is 9.84 Å². The number of hydrogen-bond acceptors (Lipinski definition) is 4. The van der Waals surface area contributed by atoms with Crippen LogP contribution in [0.2, 0.25) is 0 Å². The Hall–Kier alpha value is -1.50. The summed E-state index contributed by atoms with van der Waals surface area (Å²) in [5, 5.41) is -0.792. The van der Waals surface area contributed by atoms with Gasteiger partial charge in [0, 0.05) is 12.3 Å². The number of halogens is 2. The summed E-state index contributed by atoms with van der Waals surface area (Å²) >= 11 is 0. The monoisotopic (exact) mass is 358 g/mol. The molecule has 2 unspecified atom stereocenters. The molecule has 0 saturated carbocycles. The molecule has 132 valence electrons. The molecule has 2 aliphatic heterocycles. The van der Waals surface area contributed by atoms with E-state index < -0.39 is 26.9 Å². The molecule has 7 heteroatoms. The third-order valence-electron chi connectivity index (χ3n) is 5.03. The van der Waals surface area contributed by atoms with Gasteiger partial charge in [-0.2, -0.15) is 8.78 Å². The smallest absolute Gasteiger partial charge is 0.387 e. The number of fused-ring (bicyclic) bond motifs is 2. The van der Waals surface area contributed by atoms with Crippen molar-refractivity contribution in [1.82, 2.24) is 0 Å². The predicted molar refractivity (Wildman–Crippen MR) is 84.9 cm³/mol. The maximum atomic E-state index is 12.6. The van der Waals surface area contributed by atoms with E-state index in [2.05, 4.69) is 4.74 Å². The highest BCUT2D eigenvalue weighted by Gasteiger charge is 2.45. The van der Waals surface area contributed by atoms with Crippen LogP contribution in [0.15, 0.2) is 24.3 Å². The third kappa shape index (κ3) is 3.61. The van der Waals surface area contributed by atoms with Gasteiger partial charge < -0.3 is 4.74 Å². The molecule has 2 saturated heterocycles. The van der Waals surface area contributed by atoms with E-state index in [1.165, 1.54) is 12.1 Å². The van der Waals surface area contributed by atoms with E-state index in [0.29, 0.717) is 31.2 Å². The van der Waals surface area contributed by atoms with Crippen LogP contribution in [0.4, 0.5) is 8.78 Å². The van der Waals surface area contributed by atoms with Gasteiger partial charge in [-0.15, -0.1) is 0 Å². The highest BCUT2D eigenvalue weighted by Crippen LogP contribution is 2.40. The van der Waals surface area contributed by atoms with Crippen LogP contribution < -0.4 is 4.74 Å². The Morgan fingerprint density at radius 3 is 2.50 bits per heavy atom. The molecule has 2 aliphatic rings. The summed E-state index contributed by atoms with van der Waals surface area (Å²) in [6, 6.07) is 6.11. The maximum Gasteiger partial charge on any atom is 0.387 e. The Morgan fingerprint density at radius 1 is 1.21 bits per heavy atom. The average molecular weight is 358 g/mol. The summed E-state index contributed by atoms with van der Waals surface area (Å²) in [4.78, 5) is 12.6. The molecule has 24 heavy (non-hydrogen) atoms. The number of benzene rings is 1. The molecule has 1 aromatic rings. The van der Waals surface area contributed by atoms with Crippen LogP contribution >= 0.6 is 0 Å². The largest absolute Gasteiger partial charge is 0.435 e. The lowest BCUT2D eigenvalue weighted by Crippen LogP contribution is -2.45. The number of sulfone groups is 1. The SMILES string of the molecule is O=C(Cc1cccc(OC(F)F)c1)C1CC2CCCC(C1)S2(=O)=O. The van der Waals surface area contributed by atoms with Crippen molar-refractivity contribution >= 4 is 15.6 Å². The number of Topliss-reactive ketones (excluding diaryl/α,β-unsaturated/α-hetero) is 1. The summed E-state index contributed by atoms with van der Waals surface area (Å²) in [6.45, 7) is -2.90. The van der Waals surface area contributed by atoms with E-state index in [1.807, 2.05) is 0 Å². The van der Waals surface area contributed by atoms with Crippen molar-refractivity contribution in [2.75, 3.05) is 0 Å². The molecule has 0 spiro atoms. The Kier molecular flexibility index (Phi) is 4.90. The zero-order chi connectivity index (χ0) is 17.3. The average Bonchev–Trinajstić information content (AvgIpc) is 2.45. The van der Waals surface area contributed by atoms with Crippen LogP contribution in [-0.4, -0.2) is 31.3 Å². The van der Waals surface area contributed by atoms with E-state index in [1.54, 1.807) is 12.1 Å². The number of ether oxygens (including phenoxy) is 1. The third-order valence-corrected chi connectivity index (χ3v) is 7.75. The minimum absolute atomic E-state index is 0.0176. The molecule has 1 aromatic carbocycles. The number of ketones is 1. The topological polar surface area (TPSA) is 60.4 Å². The minimum Gasteiger partial charge on any atom is -0.435 e. The molecular formula is C17H20F2O4S. The van der Waals surface area contributed by atoms with Gasteiger partial charge in [-0.25, -0.2) is 8.42 Å². The normalized spacial score (nSPS) is 28.5. The summed E-state index contributed by atoms with van der Waals surface area (Å²) < 4.78 is 53.4. The van der Waals surface area contributed by atoms with Gasteiger partial charge in [0.2, 0.25) is 0 Å².